The van der Waals surface area contributed by atoms with Gasteiger partial charge in [0.1, 0.15) is 6.10 Å². The lowest BCUT2D eigenvalue weighted by Gasteiger charge is -2.19. The Morgan fingerprint density at radius 3 is 2.14 bits per heavy atom. The molecular weight excluding hydrogens is 344 g/mol. The number of halogens is 1. The first kappa shape index (κ1) is 16.7. The minimum absolute atomic E-state index is 0.401. The minimum Gasteiger partial charge on any atom is -0.383 e. The first-order chi connectivity index (χ1) is 9.81. The van der Waals surface area contributed by atoms with E-state index in [1.807, 2.05) is 0 Å². The van der Waals surface area contributed by atoms with Crippen LogP contribution >= 0.6 is 27.3 Å². The molecule has 1 N–H and O–H groups in total. The highest BCUT2D eigenvalue weighted by atomic mass is 79.9. The average Bonchev–Trinajstić information content (AvgIpc) is 2.77. The van der Waals surface area contributed by atoms with Crippen LogP contribution in [0.15, 0.2) is 28.1 Å². The van der Waals surface area contributed by atoms with Gasteiger partial charge in [-0.05, 0) is 63.0 Å². The van der Waals surface area contributed by atoms with E-state index in [1.54, 1.807) is 11.3 Å². The third-order valence-corrected chi connectivity index (χ3v) is 6.03. The topological polar surface area (TPSA) is 20.2 Å². The fourth-order valence-electron chi connectivity index (χ4n) is 2.47. The van der Waals surface area contributed by atoms with Crippen molar-refractivity contribution in [3.05, 3.63) is 55.2 Å². The van der Waals surface area contributed by atoms with Crippen LogP contribution in [0.5, 0.6) is 0 Å². The molecule has 2 rings (SSSR count). The van der Waals surface area contributed by atoms with Crippen molar-refractivity contribution in [2.75, 3.05) is 0 Å². The molecule has 1 aromatic carbocycles. The quantitative estimate of drug-likeness (QED) is 0.687. The van der Waals surface area contributed by atoms with E-state index in [4.69, 9.17) is 0 Å². The van der Waals surface area contributed by atoms with Crippen molar-refractivity contribution in [3.63, 3.8) is 0 Å². The third-order valence-electron chi connectivity index (χ3n) is 3.84. The third kappa shape index (κ3) is 3.58. The average molecular weight is 367 g/mol. The Hall–Kier alpha value is -0.640. The number of thiophene rings is 1. The summed E-state index contributed by atoms with van der Waals surface area (Å²) in [6.07, 6.45) is -0.543. The summed E-state index contributed by atoms with van der Waals surface area (Å²) in [6.45, 7) is 10.8. The molecular formula is C18H23BrOS. The predicted molar refractivity (Wildman–Crippen MR) is 95.4 cm³/mol. The zero-order chi connectivity index (χ0) is 15.7. The van der Waals surface area contributed by atoms with Gasteiger partial charge in [-0.3, -0.25) is 0 Å². The summed E-state index contributed by atoms with van der Waals surface area (Å²) in [7, 11) is 0. The molecule has 21 heavy (non-hydrogen) atoms. The smallest absolute Gasteiger partial charge is 0.114 e. The molecule has 1 nitrogen and oxygen atoms in total. The molecule has 114 valence electrons. The Kier molecular flexibility index (Phi) is 5.29. The number of aliphatic hydroxyl groups excluding tert-OH is 1. The molecule has 1 unspecified atom stereocenters. The summed E-state index contributed by atoms with van der Waals surface area (Å²) in [6, 6.07) is 8.56. The van der Waals surface area contributed by atoms with Gasteiger partial charge >= 0.3 is 0 Å². The maximum absolute atomic E-state index is 10.8. The number of benzene rings is 1. The summed E-state index contributed by atoms with van der Waals surface area (Å²) in [5, 5.41) is 10.8. The second-order valence-corrected chi connectivity index (χ2v) is 8.61. The van der Waals surface area contributed by atoms with Crippen molar-refractivity contribution in [2.24, 2.45) is 0 Å². The normalized spacial score (nSPS) is 13.2. The van der Waals surface area contributed by atoms with Gasteiger partial charge in [-0.15, -0.1) is 11.3 Å². The highest BCUT2D eigenvalue weighted by molar-refractivity contribution is 9.11. The molecule has 1 atom stereocenters. The Morgan fingerprint density at radius 2 is 1.67 bits per heavy atom. The predicted octanol–water partition coefficient (Wildman–Crippen LogP) is 6.15. The summed E-state index contributed by atoms with van der Waals surface area (Å²) in [5.74, 6) is 0.907. The first-order valence-electron chi connectivity index (χ1n) is 7.38. The Balaban J connectivity index is 2.47. The molecule has 0 amide bonds. The Labute approximate surface area is 140 Å². The number of rotatable bonds is 4. The summed E-state index contributed by atoms with van der Waals surface area (Å²) in [4.78, 5) is 0.999. The van der Waals surface area contributed by atoms with Crippen LogP contribution in [-0.2, 0) is 0 Å². The number of aryl methyl sites for hydroxylation is 1. The molecule has 0 aliphatic rings. The van der Waals surface area contributed by atoms with E-state index in [0.29, 0.717) is 11.8 Å². The van der Waals surface area contributed by atoms with Crippen molar-refractivity contribution >= 4 is 27.3 Å². The van der Waals surface area contributed by atoms with Gasteiger partial charge in [0.15, 0.2) is 0 Å². The van der Waals surface area contributed by atoms with E-state index >= 15 is 0 Å². The van der Waals surface area contributed by atoms with Crippen LogP contribution in [0.2, 0.25) is 0 Å². The molecule has 0 fully saturated rings. The van der Waals surface area contributed by atoms with Crippen molar-refractivity contribution < 1.29 is 5.11 Å². The van der Waals surface area contributed by atoms with Crippen molar-refractivity contribution in [3.8, 4) is 0 Å². The van der Waals surface area contributed by atoms with Crippen LogP contribution in [0, 0.1) is 6.92 Å². The molecule has 2 aromatic rings. The van der Waals surface area contributed by atoms with Crippen molar-refractivity contribution in [1.82, 2.24) is 0 Å². The molecule has 1 aromatic heterocycles. The summed E-state index contributed by atoms with van der Waals surface area (Å²) >= 11 is 5.16. The molecule has 1 heterocycles. The fourth-order valence-corrected chi connectivity index (χ4v) is 4.05. The van der Waals surface area contributed by atoms with Crippen LogP contribution < -0.4 is 0 Å². The molecule has 0 aliphatic carbocycles. The lowest BCUT2D eigenvalue weighted by molar-refractivity contribution is 0.222. The van der Waals surface area contributed by atoms with Gasteiger partial charge < -0.3 is 5.11 Å². The van der Waals surface area contributed by atoms with Crippen LogP contribution in [0.4, 0.5) is 0 Å². The van der Waals surface area contributed by atoms with Gasteiger partial charge in [0.2, 0.25) is 0 Å². The van der Waals surface area contributed by atoms with Gasteiger partial charge in [-0.2, -0.15) is 0 Å². The summed E-state index contributed by atoms with van der Waals surface area (Å²) in [5.41, 5.74) is 4.79. The van der Waals surface area contributed by atoms with Gasteiger partial charge in [0, 0.05) is 4.88 Å². The highest BCUT2D eigenvalue weighted by Crippen LogP contribution is 2.37. The second kappa shape index (κ2) is 6.64. The number of hydrogen-bond donors (Lipinski definition) is 1. The van der Waals surface area contributed by atoms with Gasteiger partial charge in [-0.25, -0.2) is 0 Å². The fraction of sp³-hybridized carbons (Fsp3) is 0.444. The molecule has 0 radical (unpaired) electrons. The first-order valence-corrected chi connectivity index (χ1v) is 8.99. The maximum atomic E-state index is 10.8. The summed E-state index contributed by atoms with van der Waals surface area (Å²) < 4.78 is 1.10. The molecule has 0 saturated heterocycles. The van der Waals surface area contributed by atoms with E-state index in [9.17, 15) is 5.11 Å². The zero-order valence-corrected chi connectivity index (χ0v) is 15.7. The standard InChI is InChI=1S/C18H23BrOS/c1-10(2)13-6-7-14(15(9-13)11(3)4)17(20)16-8-12(5)18(19)21-16/h6-11,17,20H,1-5H3. The number of hydrogen-bond acceptors (Lipinski definition) is 2. The lowest BCUT2D eigenvalue weighted by atomic mass is 9.89. The van der Waals surface area contributed by atoms with Crippen molar-refractivity contribution in [1.29, 1.82) is 0 Å². The highest BCUT2D eigenvalue weighted by Gasteiger charge is 2.20. The molecule has 0 aliphatic heterocycles. The van der Waals surface area contributed by atoms with Crippen molar-refractivity contribution in [2.45, 2.75) is 52.6 Å². The maximum Gasteiger partial charge on any atom is 0.114 e. The van der Waals surface area contributed by atoms with E-state index in [0.717, 1.165) is 14.2 Å². The molecule has 3 heteroatoms. The van der Waals surface area contributed by atoms with Crippen LogP contribution in [0.25, 0.3) is 0 Å². The largest absolute Gasteiger partial charge is 0.383 e. The lowest BCUT2D eigenvalue weighted by Crippen LogP contribution is -2.05. The SMILES string of the molecule is Cc1cc(C(O)c2ccc(C(C)C)cc2C(C)C)sc1Br. The van der Waals surface area contributed by atoms with E-state index < -0.39 is 6.10 Å². The van der Waals surface area contributed by atoms with E-state index in [1.165, 1.54) is 16.7 Å². The molecule has 0 saturated carbocycles. The second-order valence-electron chi connectivity index (χ2n) is 6.21. The van der Waals surface area contributed by atoms with Gasteiger partial charge in [0.25, 0.3) is 0 Å². The minimum atomic E-state index is -0.543. The Bertz CT molecular complexity index is 609. The molecule has 0 spiro atoms. The van der Waals surface area contributed by atoms with Crippen LogP contribution in [-0.4, -0.2) is 5.11 Å². The monoisotopic (exact) mass is 366 g/mol. The van der Waals surface area contributed by atoms with Gasteiger partial charge in [-0.1, -0.05) is 45.9 Å². The number of aliphatic hydroxyl groups is 1. The van der Waals surface area contributed by atoms with E-state index in [-0.39, 0.29) is 0 Å². The van der Waals surface area contributed by atoms with Gasteiger partial charge in [0.05, 0.1) is 3.79 Å². The van der Waals surface area contributed by atoms with Crippen LogP contribution in [0.3, 0.4) is 0 Å². The Morgan fingerprint density at radius 1 is 1.00 bits per heavy atom. The van der Waals surface area contributed by atoms with E-state index in [2.05, 4.69) is 74.8 Å². The zero-order valence-electron chi connectivity index (χ0n) is 13.3. The molecule has 0 bridgehead atoms. The van der Waals surface area contributed by atoms with Crippen LogP contribution in [0.1, 0.15) is 72.8 Å².